The number of allylic oxidation sites excluding steroid dienone is 1. The van der Waals surface area contributed by atoms with Gasteiger partial charge in [0.1, 0.15) is 5.82 Å². The van der Waals surface area contributed by atoms with Crippen LogP contribution in [0.2, 0.25) is 0 Å². The van der Waals surface area contributed by atoms with Crippen LogP contribution in [0.5, 0.6) is 0 Å². The molecule has 2 aromatic carbocycles. The first-order valence-corrected chi connectivity index (χ1v) is 9.65. The van der Waals surface area contributed by atoms with Gasteiger partial charge >= 0.3 is 5.97 Å². The summed E-state index contributed by atoms with van der Waals surface area (Å²) in [6.07, 6.45) is 3.50. The van der Waals surface area contributed by atoms with E-state index in [1.807, 2.05) is 6.08 Å². The van der Waals surface area contributed by atoms with Crippen molar-refractivity contribution >= 4 is 27.5 Å². The van der Waals surface area contributed by atoms with Crippen molar-refractivity contribution in [1.82, 2.24) is 0 Å². The van der Waals surface area contributed by atoms with Crippen LogP contribution in [-0.4, -0.2) is 25.7 Å². The van der Waals surface area contributed by atoms with Gasteiger partial charge < -0.3 is 5.11 Å². The van der Waals surface area contributed by atoms with Crippen LogP contribution in [0.3, 0.4) is 0 Å². The number of aliphatic carboxylic acids is 1. The van der Waals surface area contributed by atoms with Gasteiger partial charge in [0.15, 0.2) is 9.84 Å². The van der Waals surface area contributed by atoms with Crippen LogP contribution < -0.4 is 0 Å². The first kappa shape index (κ1) is 17.4. The predicted molar refractivity (Wildman–Crippen MR) is 93.4 cm³/mol. The predicted octanol–water partition coefficient (Wildman–Crippen LogP) is 3.73. The summed E-state index contributed by atoms with van der Waals surface area (Å²) in [6, 6.07) is 10.9. The zero-order valence-corrected chi connectivity index (χ0v) is 14.4. The number of hydrogen-bond acceptors (Lipinski definition) is 3. The normalized spacial score (nSPS) is 18.3. The minimum atomic E-state index is -3.25. The molecular formula is C19H17FO4S. The van der Waals surface area contributed by atoms with Crippen LogP contribution in [0.4, 0.5) is 4.39 Å². The highest BCUT2D eigenvalue weighted by Gasteiger charge is 2.28. The minimum Gasteiger partial charge on any atom is -0.481 e. The van der Waals surface area contributed by atoms with Gasteiger partial charge in [0, 0.05) is 6.26 Å². The van der Waals surface area contributed by atoms with E-state index in [-0.39, 0.29) is 23.1 Å². The molecule has 4 nitrogen and oxygen atoms in total. The Morgan fingerprint density at radius 1 is 1.24 bits per heavy atom. The number of carboxylic acids is 1. The standard InChI is InChI=1S/C19H17FO4S/c1-25(23,24)16-5-2-12(3-6-16)8-13-9-14(10-19(21)22)18-11-15(20)4-7-17(13)18/h2-8,11,14H,9-10H2,1H3,(H,21,22)/b13-8+. The van der Waals surface area contributed by atoms with E-state index in [2.05, 4.69) is 0 Å². The molecule has 130 valence electrons. The number of hydrogen-bond donors (Lipinski definition) is 1. The Morgan fingerprint density at radius 3 is 2.52 bits per heavy atom. The molecule has 1 N–H and O–H groups in total. The van der Waals surface area contributed by atoms with Crippen LogP contribution >= 0.6 is 0 Å². The fourth-order valence-corrected chi connectivity index (χ4v) is 3.82. The molecule has 0 heterocycles. The second-order valence-electron chi connectivity index (χ2n) is 6.24. The Labute approximate surface area is 145 Å². The number of halogens is 1. The van der Waals surface area contributed by atoms with E-state index < -0.39 is 15.8 Å². The van der Waals surface area contributed by atoms with Gasteiger partial charge in [-0.25, -0.2) is 12.8 Å². The van der Waals surface area contributed by atoms with Crippen molar-refractivity contribution in [2.24, 2.45) is 0 Å². The Kier molecular flexibility index (Phi) is 4.47. The third-order valence-electron chi connectivity index (χ3n) is 4.34. The van der Waals surface area contributed by atoms with Crippen molar-refractivity contribution in [3.05, 3.63) is 65.0 Å². The highest BCUT2D eigenvalue weighted by Crippen LogP contribution is 2.44. The molecule has 3 rings (SSSR count). The maximum Gasteiger partial charge on any atom is 0.303 e. The van der Waals surface area contributed by atoms with Gasteiger partial charge in [-0.05, 0) is 58.9 Å². The highest BCUT2D eigenvalue weighted by molar-refractivity contribution is 7.90. The third kappa shape index (κ3) is 3.79. The molecule has 0 aliphatic heterocycles. The van der Waals surface area contributed by atoms with E-state index in [9.17, 15) is 17.6 Å². The molecule has 0 radical (unpaired) electrons. The van der Waals surface area contributed by atoms with Gasteiger partial charge in [-0.3, -0.25) is 4.79 Å². The number of sulfone groups is 1. The van der Waals surface area contributed by atoms with Crippen molar-refractivity contribution in [3.8, 4) is 0 Å². The lowest BCUT2D eigenvalue weighted by atomic mass is 9.98. The summed E-state index contributed by atoms with van der Waals surface area (Å²) >= 11 is 0. The highest BCUT2D eigenvalue weighted by atomic mass is 32.2. The zero-order chi connectivity index (χ0) is 18.2. The van der Waals surface area contributed by atoms with Crippen molar-refractivity contribution in [2.75, 3.05) is 6.26 Å². The van der Waals surface area contributed by atoms with Gasteiger partial charge in [0.2, 0.25) is 0 Å². The number of fused-ring (bicyclic) bond motifs is 1. The lowest BCUT2D eigenvalue weighted by Crippen LogP contribution is -2.03. The fourth-order valence-electron chi connectivity index (χ4n) is 3.19. The van der Waals surface area contributed by atoms with Gasteiger partial charge in [-0.2, -0.15) is 0 Å². The molecule has 1 aliphatic rings. The van der Waals surface area contributed by atoms with E-state index in [1.54, 1.807) is 18.2 Å². The molecule has 0 aromatic heterocycles. The molecule has 1 aliphatic carbocycles. The molecular weight excluding hydrogens is 343 g/mol. The van der Waals surface area contributed by atoms with Crippen LogP contribution in [-0.2, 0) is 14.6 Å². The quantitative estimate of drug-likeness (QED) is 0.902. The number of benzene rings is 2. The number of rotatable bonds is 4. The van der Waals surface area contributed by atoms with Crippen LogP contribution in [0.25, 0.3) is 11.6 Å². The van der Waals surface area contributed by atoms with Crippen molar-refractivity contribution < 1.29 is 22.7 Å². The van der Waals surface area contributed by atoms with E-state index >= 15 is 0 Å². The SMILES string of the molecule is CS(=O)(=O)c1ccc(/C=C2\CC(CC(=O)O)c3cc(F)ccc32)cc1. The number of carboxylic acid groups (broad SMARTS) is 1. The summed E-state index contributed by atoms with van der Waals surface area (Å²) < 4.78 is 36.6. The lowest BCUT2D eigenvalue weighted by molar-refractivity contribution is -0.137. The molecule has 6 heteroatoms. The van der Waals surface area contributed by atoms with E-state index in [0.717, 1.165) is 23.0 Å². The Balaban J connectivity index is 1.98. The van der Waals surface area contributed by atoms with Crippen molar-refractivity contribution in [1.29, 1.82) is 0 Å². The lowest BCUT2D eigenvalue weighted by Gasteiger charge is -2.07. The smallest absolute Gasteiger partial charge is 0.303 e. The summed E-state index contributed by atoms with van der Waals surface area (Å²) in [6.45, 7) is 0. The average molecular weight is 360 g/mol. The summed E-state index contributed by atoms with van der Waals surface area (Å²) in [7, 11) is -3.25. The maximum atomic E-state index is 13.6. The first-order valence-electron chi connectivity index (χ1n) is 7.76. The topological polar surface area (TPSA) is 71.4 Å². The van der Waals surface area contributed by atoms with Gasteiger partial charge in [-0.15, -0.1) is 0 Å². The second kappa shape index (κ2) is 6.44. The summed E-state index contributed by atoms with van der Waals surface area (Å²) in [5.41, 5.74) is 3.29. The van der Waals surface area contributed by atoms with Gasteiger partial charge in [0.25, 0.3) is 0 Å². The summed E-state index contributed by atoms with van der Waals surface area (Å²) in [5, 5.41) is 9.08. The van der Waals surface area contributed by atoms with Crippen molar-refractivity contribution in [3.63, 3.8) is 0 Å². The molecule has 25 heavy (non-hydrogen) atoms. The maximum absolute atomic E-state index is 13.6. The fraction of sp³-hybridized carbons (Fsp3) is 0.211. The van der Waals surface area contributed by atoms with Gasteiger partial charge in [-0.1, -0.05) is 24.3 Å². The number of carbonyl (C=O) groups is 1. The third-order valence-corrected chi connectivity index (χ3v) is 5.46. The van der Waals surface area contributed by atoms with E-state index in [0.29, 0.717) is 12.0 Å². The minimum absolute atomic E-state index is 0.0548. The Bertz CT molecular complexity index is 959. The second-order valence-corrected chi connectivity index (χ2v) is 8.26. The zero-order valence-electron chi connectivity index (χ0n) is 13.6. The molecule has 1 unspecified atom stereocenters. The largest absolute Gasteiger partial charge is 0.481 e. The summed E-state index contributed by atoms with van der Waals surface area (Å²) in [4.78, 5) is 11.3. The molecule has 0 spiro atoms. The van der Waals surface area contributed by atoms with Crippen molar-refractivity contribution in [2.45, 2.75) is 23.7 Å². The summed E-state index contributed by atoms with van der Waals surface area (Å²) in [5.74, 6) is -1.56. The van der Waals surface area contributed by atoms with Crippen LogP contribution in [0.15, 0.2) is 47.4 Å². The Morgan fingerprint density at radius 2 is 1.92 bits per heavy atom. The van der Waals surface area contributed by atoms with Gasteiger partial charge in [0.05, 0.1) is 11.3 Å². The first-order chi connectivity index (χ1) is 11.7. The molecule has 0 bridgehead atoms. The molecule has 1 atom stereocenters. The van der Waals surface area contributed by atoms with Crippen LogP contribution in [0, 0.1) is 5.82 Å². The average Bonchev–Trinajstić information content (AvgIpc) is 2.83. The molecule has 2 aromatic rings. The Hall–Kier alpha value is -2.47. The molecule has 0 saturated carbocycles. The van der Waals surface area contributed by atoms with E-state index in [4.69, 9.17) is 5.11 Å². The molecule has 0 amide bonds. The molecule has 0 fully saturated rings. The molecule has 0 saturated heterocycles. The monoisotopic (exact) mass is 360 g/mol. The van der Waals surface area contributed by atoms with E-state index in [1.165, 1.54) is 24.3 Å². The van der Waals surface area contributed by atoms with Crippen LogP contribution in [0.1, 0.15) is 35.4 Å².